The summed E-state index contributed by atoms with van der Waals surface area (Å²) in [4.78, 5) is 0. The molecule has 0 rings (SSSR count). The van der Waals surface area contributed by atoms with Gasteiger partial charge in [0, 0.05) is 6.61 Å². The van der Waals surface area contributed by atoms with E-state index in [9.17, 15) is 0 Å². The lowest BCUT2D eigenvalue weighted by Crippen LogP contribution is -1.86. The fourth-order valence-electron chi connectivity index (χ4n) is 0.228. The predicted molar refractivity (Wildman–Crippen MR) is 30.8 cm³/mol. The van der Waals surface area contributed by atoms with Crippen LogP contribution in [0.2, 0.25) is 0 Å². The Hall–Kier alpha value is 0.390. The fourth-order valence-corrected chi connectivity index (χ4v) is 0.394. The molecule has 0 aliphatic carbocycles. The molecule has 1 atom stereocenters. The number of hydrogen-bond donors (Lipinski definition) is 0. The molecule has 1 unspecified atom stereocenters. The van der Waals surface area contributed by atoms with Gasteiger partial charge in [-0.25, -0.2) is 0 Å². The van der Waals surface area contributed by atoms with Crippen LogP contribution < -0.4 is 0 Å². The topological polar surface area (TPSA) is 9.23 Å². The van der Waals surface area contributed by atoms with Crippen LogP contribution in [-0.4, -0.2) is 13.0 Å². The second kappa shape index (κ2) is 5.39. The first-order valence-electron chi connectivity index (χ1n) is 2.19. The van der Waals surface area contributed by atoms with E-state index in [2.05, 4.69) is 16.2 Å². The molecule has 0 spiro atoms. The van der Waals surface area contributed by atoms with Crippen molar-refractivity contribution in [3.05, 3.63) is 0 Å². The molecule has 0 amide bonds. The molecule has 0 saturated carbocycles. The molecule has 0 fully saturated rings. The minimum atomic E-state index is 0.772. The lowest BCUT2D eigenvalue weighted by molar-refractivity contribution is 0.183. The second-order valence-electron chi connectivity index (χ2n) is 1.07. The Bertz CT molecular complexity index is 19.5. The average Bonchev–Trinajstić information content (AvgIpc) is 1.61. The van der Waals surface area contributed by atoms with Crippen LogP contribution in [0.25, 0.3) is 0 Å². The number of rotatable bonds is 3. The second-order valence-corrected chi connectivity index (χ2v) is 1.41. The first-order valence-corrected chi connectivity index (χ1v) is 3.01. The summed E-state index contributed by atoms with van der Waals surface area (Å²) in [6.45, 7) is 2.99. The van der Waals surface area contributed by atoms with Crippen molar-refractivity contribution >= 4 is 9.24 Å². The van der Waals surface area contributed by atoms with Gasteiger partial charge in [-0.05, 0) is 6.42 Å². The summed E-state index contributed by atoms with van der Waals surface area (Å²) < 4.78 is 4.95. The highest BCUT2D eigenvalue weighted by molar-refractivity contribution is 7.16. The minimum absolute atomic E-state index is 0.772. The van der Waals surface area contributed by atoms with Crippen molar-refractivity contribution in [1.82, 2.24) is 0 Å². The van der Waals surface area contributed by atoms with E-state index in [0.29, 0.717) is 0 Å². The van der Waals surface area contributed by atoms with Crippen LogP contribution in [0.4, 0.5) is 0 Å². The maximum atomic E-state index is 4.95. The lowest BCUT2D eigenvalue weighted by Gasteiger charge is -1.91. The third-order valence-electron chi connectivity index (χ3n) is 0.466. The molecule has 0 bridgehead atoms. The predicted octanol–water partition coefficient (Wildman–Crippen LogP) is 1.25. The highest BCUT2D eigenvalue weighted by Gasteiger charge is 1.72. The van der Waals surface area contributed by atoms with Crippen molar-refractivity contribution in [1.29, 1.82) is 0 Å². The molecule has 38 valence electrons. The van der Waals surface area contributed by atoms with Gasteiger partial charge in [-0.3, -0.25) is 0 Å². The van der Waals surface area contributed by atoms with Gasteiger partial charge in [-0.2, -0.15) is 0 Å². The van der Waals surface area contributed by atoms with Gasteiger partial charge < -0.3 is 4.74 Å². The van der Waals surface area contributed by atoms with E-state index >= 15 is 0 Å². The largest absolute Gasteiger partial charge is 0.378 e. The van der Waals surface area contributed by atoms with Crippen molar-refractivity contribution in [3.63, 3.8) is 0 Å². The summed E-state index contributed by atoms with van der Waals surface area (Å²) in [5.74, 6) is 0. The Kier molecular flexibility index (Phi) is 5.74. The monoisotopic (exact) mass is 106 g/mol. The molecule has 0 heterocycles. The molecule has 0 saturated heterocycles. The summed E-state index contributed by atoms with van der Waals surface area (Å²) in [7, 11) is 2.51. The Morgan fingerprint density at radius 1 is 1.67 bits per heavy atom. The molecule has 6 heavy (non-hydrogen) atoms. The Morgan fingerprint density at radius 2 is 2.33 bits per heavy atom. The first kappa shape index (κ1) is 6.39. The molecule has 0 aromatic rings. The maximum Gasteiger partial charge on any atom is 0.0602 e. The molecular formula is C4H11OP. The maximum absolute atomic E-state index is 4.95. The highest BCUT2D eigenvalue weighted by Crippen LogP contribution is 1.83. The number of ether oxygens (including phenoxy) is 1. The molecular weight excluding hydrogens is 95.0 g/mol. The van der Waals surface area contributed by atoms with Gasteiger partial charge in [0.05, 0.1) is 6.35 Å². The smallest absolute Gasteiger partial charge is 0.0602 e. The third kappa shape index (κ3) is 4.39. The number of hydrogen-bond acceptors (Lipinski definition) is 1. The minimum Gasteiger partial charge on any atom is -0.378 e. The van der Waals surface area contributed by atoms with Crippen molar-refractivity contribution in [2.75, 3.05) is 13.0 Å². The van der Waals surface area contributed by atoms with E-state index in [1.54, 1.807) is 0 Å². The van der Waals surface area contributed by atoms with E-state index < -0.39 is 0 Å². The van der Waals surface area contributed by atoms with Gasteiger partial charge in [0.15, 0.2) is 0 Å². The molecule has 0 radical (unpaired) electrons. The molecule has 0 aromatic carbocycles. The Balaban J connectivity index is 2.34. The van der Waals surface area contributed by atoms with Crippen molar-refractivity contribution in [3.8, 4) is 0 Å². The molecule has 2 heteroatoms. The van der Waals surface area contributed by atoms with Gasteiger partial charge in [0.25, 0.3) is 0 Å². The van der Waals surface area contributed by atoms with Crippen molar-refractivity contribution in [2.45, 2.75) is 13.3 Å². The van der Waals surface area contributed by atoms with Crippen LogP contribution in [-0.2, 0) is 4.74 Å². The van der Waals surface area contributed by atoms with Gasteiger partial charge >= 0.3 is 0 Å². The molecule has 0 aliphatic rings. The first-order chi connectivity index (χ1) is 2.91. The normalized spacial score (nSPS) is 9.00. The zero-order valence-electron chi connectivity index (χ0n) is 4.11. The summed E-state index contributed by atoms with van der Waals surface area (Å²) >= 11 is 0. The summed E-state index contributed by atoms with van der Waals surface area (Å²) in [5, 5.41) is 0. The van der Waals surface area contributed by atoms with E-state index in [1.807, 2.05) is 0 Å². The van der Waals surface area contributed by atoms with Crippen LogP contribution in [0.1, 0.15) is 13.3 Å². The van der Waals surface area contributed by atoms with E-state index in [1.165, 1.54) is 0 Å². The van der Waals surface area contributed by atoms with Crippen LogP contribution in [0, 0.1) is 0 Å². The molecule has 0 aromatic heterocycles. The quantitative estimate of drug-likeness (QED) is 0.388. The summed E-state index contributed by atoms with van der Waals surface area (Å²) in [6.07, 6.45) is 1.89. The van der Waals surface area contributed by atoms with Gasteiger partial charge in [0.2, 0.25) is 0 Å². The Morgan fingerprint density at radius 3 is 2.50 bits per heavy atom. The zero-order chi connectivity index (χ0) is 4.83. The Labute approximate surface area is 41.3 Å². The van der Waals surface area contributed by atoms with Crippen molar-refractivity contribution in [2.24, 2.45) is 0 Å². The van der Waals surface area contributed by atoms with Gasteiger partial charge in [-0.15, -0.1) is 9.24 Å². The summed E-state index contributed by atoms with van der Waals surface area (Å²) in [5.41, 5.74) is 0. The van der Waals surface area contributed by atoms with Crippen LogP contribution in [0.15, 0.2) is 0 Å². The van der Waals surface area contributed by atoms with Gasteiger partial charge in [-0.1, -0.05) is 6.92 Å². The SMILES string of the molecule is CCCOCP. The highest BCUT2D eigenvalue weighted by atomic mass is 31.0. The molecule has 1 nitrogen and oxygen atoms in total. The zero-order valence-corrected chi connectivity index (χ0v) is 5.26. The van der Waals surface area contributed by atoms with Crippen LogP contribution in [0.5, 0.6) is 0 Å². The van der Waals surface area contributed by atoms with Crippen molar-refractivity contribution < 1.29 is 4.74 Å². The fraction of sp³-hybridized carbons (Fsp3) is 1.00. The van der Waals surface area contributed by atoms with E-state index in [0.717, 1.165) is 19.4 Å². The molecule has 0 aliphatic heterocycles. The van der Waals surface area contributed by atoms with Crippen LogP contribution in [0.3, 0.4) is 0 Å². The van der Waals surface area contributed by atoms with E-state index in [-0.39, 0.29) is 0 Å². The van der Waals surface area contributed by atoms with Crippen LogP contribution >= 0.6 is 9.24 Å². The molecule has 0 N–H and O–H groups in total. The third-order valence-corrected chi connectivity index (χ3v) is 0.702. The van der Waals surface area contributed by atoms with Gasteiger partial charge in [0.1, 0.15) is 0 Å². The summed E-state index contributed by atoms with van der Waals surface area (Å²) in [6, 6.07) is 0. The van der Waals surface area contributed by atoms with E-state index in [4.69, 9.17) is 4.74 Å². The average molecular weight is 106 g/mol. The lowest BCUT2D eigenvalue weighted by atomic mass is 10.5. The standard InChI is InChI=1S/C4H11OP/c1-2-3-5-4-6/h2-4,6H2,1H3.